The number of carbonyl (C=O) groups is 1. The van der Waals surface area contributed by atoms with E-state index in [4.69, 9.17) is 11.5 Å². The molecule has 0 atom stereocenters. The number of hydrogen-bond acceptors (Lipinski definition) is 3. The van der Waals surface area contributed by atoms with Gasteiger partial charge in [-0.1, -0.05) is 15.9 Å². The first-order valence-corrected chi connectivity index (χ1v) is 4.84. The van der Waals surface area contributed by atoms with Crippen LogP contribution in [0.1, 0.15) is 0 Å². The van der Waals surface area contributed by atoms with Gasteiger partial charge in [-0.2, -0.15) is 0 Å². The first-order chi connectivity index (χ1) is 6.50. The van der Waals surface area contributed by atoms with E-state index in [9.17, 15) is 4.79 Å². The van der Waals surface area contributed by atoms with Gasteiger partial charge in [-0.15, -0.1) is 0 Å². The fourth-order valence-corrected chi connectivity index (χ4v) is 1.52. The minimum atomic E-state index is -0.383. The maximum atomic E-state index is 10.7. The van der Waals surface area contributed by atoms with Crippen LogP contribution in [0.2, 0.25) is 0 Å². The van der Waals surface area contributed by atoms with Gasteiger partial charge < -0.3 is 16.4 Å². The molecule has 0 aromatic heterocycles. The van der Waals surface area contributed by atoms with Crippen LogP contribution in [0.4, 0.5) is 11.4 Å². The quantitative estimate of drug-likeness (QED) is 0.793. The van der Waals surface area contributed by atoms with Gasteiger partial charge in [0.05, 0.1) is 17.9 Å². The number of primary amides is 1. The molecule has 4 N–H and O–H groups in total. The summed E-state index contributed by atoms with van der Waals surface area (Å²) in [5.41, 5.74) is 12.2. The van der Waals surface area contributed by atoms with Crippen LogP contribution in [0.15, 0.2) is 22.7 Å². The lowest BCUT2D eigenvalue weighted by Gasteiger charge is -2.19. The highest BCUT2D eigenvalue weighted by atomic mass is 79.9. The number of likely N-dealkylation sites (N-methyl/N-ethyl adjacent to an activating group) is 1. The number of nitrogens with two attached hydrogens (primary N) is 2. The monoisotopic (exact) mass is 257 g/mol. The number of carbonyl (C=O) groups excluding carboxylic acids is 1. The second-order valence-corrected chi connectivity index (χ2v) is 3.94. The summed E-state index contributed by atoms with van der Waals surface area (Å²) in [6.45, 7) is 0.153. The molecular weight excluding hydrogens is 246 g/mol. The molecule has 14 heavy (non-hydrogen) atoms. The summed E-state index contributed by atoms with van der Waals surface area (Å²) in [4.78, 5) is 12.4. The van der Waals surface area contributed by atoms with Crippen LogP contribution in [-0.2, 0) is 4.79 Å². The summed E-state index contributed by atoms with van der Waals surface area (Å²) in [6.07, 6.45) is 0. The number of amides is 1. The van der Waals surface area contributed by atoms with Crippen molar-refractivity contribution in [2.45, 2.75) is 0 Å². The van der Waals surface area contributed by atoms with E-state index in [0.717, 1.165) is 10.2 Å². The van der Waals surface area contributed by atoms with E-state index in [1.54, 1.807) is 18.0 Å². The molecule has 0 unspecified atom stereocenters. The first kappa shape index (κ1) is 10.8. The van der Waals surface area contributed by atoms with Crippen LogP contribution in [-0.4, -0.2) is 19.5 Å². The molecule has 0 heterocycles. The summed E-state index contributed by atoms with van der Waals surface area (Å²) in [5.74, 6) is -0.383. The third kappa shape index (κ3) is 2.63. The van der Waals surface area contributed by atoms with Gasteiger partial charge in [-0.3, -0.25) is 4.79 Å². The van der Waals surface area contributed by atoms with Crippen LogP contribution in [0.25, 0.3) is 0 Å². The zero-order chi connectivity index (χ0) is 10.7. The molecule has 0 spiro atoms. The molecule has 1 aromatic rings. The predicted molar refractivity (Wildman–Crippen MR) is 61.0 cm³/mol. The largest absolute Gasteiger partial charge is 0.397 e. The Kier molecular flexibility index (Phi) is 3.35. The van der Waals surface area contributed by atoms with Crippen molar-refractivity contribution in [3.8, 4) is 0 Å². The topological polar surface area (TPSA) is 72.3 Å². The Morgan fingerprint density at radius 1 is 1.57 bits per heavy atom. The van der Waals surface area contributed by atoms with Gasteiger partial charge in [-0.05, 0) is 18.2 Å². The second kappa shape index (κ2) is 4.32. The van der Waals surface area contributed by atoms with Crippen LogP contribution < -0.4 is 16.4 Å². The Morgan fingerprint density at radius 2 is 2.21 bits per heavy atom. The third-order valence-corrected chi connectivity index (χ3v) is 2.29. The zero-order valence-electron chi connectivity index (χ0n) is 7.83. The SMILES string of the molecule is CN(CC(N)=O)c1cc(Br)ccc1N. The minimum absolute atomic E-state index is 0.153. The van der Waals surface area contributed by atoms with Crippen LogP contribution in [0.3, 0.4) is 0 Å². The first-order valence-electron chi connectivity index (χ1n) is 4.05. The summed E-state index contributed by atoms with van der Waals surface area (Å²) in [5, 5.41) is 0. The standard InChI is InChI=1S/C9H12BrN3O/c1-13(5-9(12)14)8-4-6(10)2-3-7(8)11/h2-4H,5,11H2,1H3,(H2,12,14). The Labute approximate surface area is 91.0 Å². The van der Waals surface area contributed by atoms with Gasteiger partial charge in [0.2, 0.25) is 5.91 Å². The Morgan fingerprint density at radius 3 is 2.79 bits per heavy atom. The van der Waals surface area contributed by atoms with Crippen molar-refractivity contribution < 1.29 is 4.79 Å². The van der Waals surface area contributed by atoms with Crippen LogP contribution in [0, 0.1) is 0 Å². The van der Waals surface area contributed by atoms with E-state index in [0.29, 0.717) is 5.69 Å². The predicted octanol–water partition coefficient (Wildman–Crippen LogP) is 0.953. The van der Waals surface area contributed by atoms with E-state index < -0.39 is 0 Å². The summed E-state index contributed by atoms with van der Waals surface area (Å²) >= 11 is 3.33. The lowest BCUT2D eigenvalue weighted by molar-refractivity contribution is -0.116. The molecule has 0 fully saturated rings. The number of rotatable bonds is 3. The number of anilines is 2. The van der Waals surface area contributed by atoms with Crippen molar-refractivity contribution >= 4 is 33.2 Å². The molecule has 0 saturated carbocycles. The average molecular weight is 258 g/mol. The van der Waals surface area contributed by atoms with E-state index >= 15 is 0 Å². The Balaban J connectivity index is 2.93. The molecule has 5 heteroatoms. The van der Waals surface area contributed by atoms with Crippen molar-refractivity contribution in [2.75, 3.05) is 24.2 Å². The van der Waals surface area contributed by atoms with E-state index in [2.05, 4.69) is 15.9 Å². The molecule has 0 aliphatic heterocycles. The van der Waals surface area contributed by atoms with Crippen molar-refractivity contribution in [2.24, 2.45) is 5.73 Å². The van der Waals surface area contributed by atoms with Gasteiger partial charge in [0.1, 0.15) is 0 Å². The van der Waals surface area contributed by atoms with Gasteiger partial charge in [0.25, 0.3) is 0 Å². The van der Waals surface area contributed by atoms with E-state index in [1.807, 2.05) is 12.1 Å². The molecule has 76 valence electrons. The van der Waals surface area contributed by atoms with Crippen molar-refractivity contribution in [1.29, 1.82) is 0 Å². The number of benzene rings is 1. The summed E-state index contributed by atoms with van der Waals surface area (Å²) < 4.78 is 0.915. The molecule has 0 aliphatic carbocycles. The minimum Gasteiger partial charge on any atom is -0.397 e. The normalized spacial score (nSPS) is 9.86. The smallest absolute Gasteiger partial charge is 0.236 e. The van der Waals surface area contributed by atoms with Crippen molar-refractivity contribution in [1.82, 2.24) is 0 Å². The molecular formula is C9H12BrN3O. The maximum Gasteiger partial charge on any atom is 0.236 e. The Bertz CT molecular complexity index is 354. The van der Waals surface area contributed by atoms with Crippen molar-refractivity contribution in [3.05, 3.63) is 22.7 Å². The average Bonchev–Trinajstić information content (AvgIpc) is 2.08. The lowest BCUT2D eigenvalue weighted by atomic mass is 10.2. The summed E-state index contributed by atoms with van der Waals surface area (Å²) in [7, 11) is 1.77. The van der Waals surface area contributed by atoms with Crippen LogP contribution >= 0.6 is 15.9 Å². The second-order valence-electron chi connectivity index (χ2n) is 3.03. The highest BCUT2D eigenvalue weighted by Crippen LogP contribution is 2.25. The van der Waals surface area contributed by atoms with Gasteiger partial charge in [0.15, 0.2) is 0 Å². The van der Waals surface area contributed by atoms with Gasteiger partial charge in [0, 0.05) is 11.5 Å². The molecule has 0 aliphatic rings. The fourth-order valence-electron chi connectivity index (χ4n) is 1.17. The highest BCUT2D eigenvalue weighted by molar-refractivity contribution is 9.10. The third-order valence-electron chi connectivity index (χ3n) is 1.80. The maximum absolute atomic E-state index is 10.7. The molecule has 4 nitrogen and oxygen atoms in total. The number of nitrogens with zero attached hydrogens (tertiary/aromatic N) is 1. The van der Waals surface area contributed by atoms with Gasteiger partial charge >= 0.3 is 0 Å². The number of hydrogen-bond donors (Lipinski definition) is 2. The van der Waals surface area contributed by atoms with Gasteiger partial charge in [-0.25, -0.2) is 0 Å². The highest BCUT2D eigenvalue weighted by Gasteiger charge is 2.07. The molecule has 1 aromatic carbocycles. The molecule has 1 amide bonds. The molecule has 1 rings (SSSR count). The lowest BCUT2D eigenvalue weighted by Crippen LogP contribution is -2.30. The van der Waals surface area contributed by atoms with E-state index in [1.165, 1.54) is 0 Å². The number of halogens is 1. The summed E-state index contributed by atoms with van der Waals surface area (Å²) in [6, 6.07) is 5.46. The molecule has 0 radical (unpaired) electrons. The van der Waals surface area contributed by atoms with Crippen LogP contribution in [0.5, 0.6) is 0 Å². The molecule has 0 bridgehead atoms. The molecule has 0 saturated heterocycles. The Hall–Kier alpha value is -1.23. The number of nitrogen functional groups attached to an aromatic ring is 1. The fraction of sp³-hybridized carbons (Fsp3) is 0.222. The van der Waals surface area contributed by atoms with Crippen molar-refractivity contribution in [3.63, 3.8) is 0 Å². The van der Waals surface area contributed by atoms with E-state index in [-0.39, 0.29) is 12.5 Å². The zero-order valence-corrected chi connectivity index (χ0v) is 9.41.